The average molecular weight is 327 g/mol. The maximum atomic E-state index is 12.0. The first kappa shape index (κ1) is 20.3. The van der Waals surface area contributed by atoms with Crippen molar-refractivity contribution in [2.75, 3.05) is 13.1 Å². The van der Waals surface area contributed by atoms with Crippen molar-refractivity contribution in [1.82, 2.24) is 10.6 Å². The van der Waals surface area contributed by atoms with E-state index in [4.69, 9.17) is 4.74 Å². The summed E-state index contributed by atoms with van der Waals surface area (Å²) in [6.45, 7) is 14.2. The van der Waals surface area contributed by atoms with Crippen LogP contribution in [0.15, 0.2) is 0 Å². The first-order valence-electron chi connectivity index (χ1n) is 9.44. The zero-order chi connectivity index (χ0) is 17.5. The lowest BCUT2D eigenvalue weighted by Gasteiger charge is -2.44. The average Bonchev–Trinajstić information content (AvgIpc) is 2.47. The van der Waals surface area contributed by atoms with E-state index in [1.54, 1.807) is 0 Å². The van der Waals surface area contributed by atoms with Gasteiger partial charge in [-0.2, -0.15) is 0 Å². The number of ether oxygens (including phenoxy) is 1. The van der Waals surface area contributed by atoms with Gasteiger partial charge in [0.15, 0.2) is 0 Å². The Balaban J connectivity index is 2.66. The Morgan fingerprint density at radius 2 is 1.91 bits per heavy atom. The molecule has 0 aliphatic heterocycles. The van der Waals surface area contributed by atoms with Crippen LogP contribution in [0.1, 0.15) is 80.1 Å². The van der Waals surface area contributed by atoms with Gasteiger partial charge in [-0.05, 0) is 52.0 Å². The second-order valence-electron chi connectivity index (χ2n) is 8.22. The Hall–Kier alpha value is -0.770. The van der Waals surface area contributed by atoms with Gasteiger partial charge in [-0.25, -0.2) is 4.79 Å². The predicted molar refractivity (Wildman–Crippen MR) is 96.7 cm³/mol. The van der Waals surface area contributed by atoms with Crippen LogP contribution < -0.4 is 10.6 Å². The summed E-state index contributed by atoms with van der Waals surface area (Å²) in [5.41, 5.74) is -0.434. The maximum absolute atomic E-state index is 12.0. The van der Waals surface area contributed by atoms with Crippen LogP contribution in [0.4, 0.5) is 4.79 Å². The molecule has 1 rings (SSSR count). The third-order valence-electron chi connectivity index (χ3n) is 5.30. The molecule has 1 saturated carbocycles. The van der Waals surface area contributed by atoms with Crippen LogP contribution in [0.3, 0.4) is 0 Å². The molecule has 2 N–H and O–H groups in total. The standard InChI is InChI=1S/C19H38N2O2/c1-7-16(8-2)13-21-19(12-10-9-11-15(19)3)14-20-17(22)23-18(4,5)6/h15-16,21H,7-14H2,1-6H3,(H,20,22). The summed E-state index contributed by atoms with van der Waals surface area (Å²) in [5, 5.41) is 6.85. The van der Waals surface area contributed by atoms with Crippen LogP contribution in [0.2, 0.25) is 0 Å². The van der Waals surface area contributed by atoms with E-state index in [0.717, 1.165) is 13.0 Å². The number of rotatable bonds is 7. The lowest BCUT2D eigenvalue weighted by Crippen LogP contribution is -2.60. The van der Waals surface area contributed by atoms with Gasteiger partial charge in [-0.15, -0.1) is 0 Å². The molecule has 0 spiro atoms. The zero-order valence-electron chi connectivity index (χ0n) is 16.1. The van der Waals surface area contributed by atoms with E-state index < -0.39 is 5.60 Å². The highest BCUT2D eigenvalue weighted by molar-refractivity contribution is 5.67. The fraction of sp³-hybridized carbons (Fsp3) is 0.947. The molecule has 23 heavy (non-hydrogen) atoms. The highest BCUT2D eigenvalue weighted by atomic mass is 16.6. The minimum Gasteiger partial charge on any atom is -0.444 e. The van der Waals surface area contributed by atoms with Crippen molar-refractivity contribution in [3.05, 3.63) is 0 Å². The molecule has 0 radical (unpaired) electrons. The molecule has 136 valence electrons. The lowest BCUT2D eigenvalue weighted by molar-refractivity contribution is 0.0477. The second kappa shape index (κ2) is 8.91. The van der Waals surface area contributed by atoms with Crippen LogP contribution in [0.5, 0.6) is 0 Å². The lowest BCUT2D eigenvalue weighted by atomic mass is 9.73. The number of carbonyl (C=O) groups is 1. The molecule has 1 amide bonds. The molecule has 0 aromatic rings. The minimum absolute atomic E-state index is 0.0117. The predicted octanol–water partition coefficient (Wildman–Crippen LogP) is 4.49. The summed E-state index contributed by atoms with van der Waals surface area (Å²) in [6.07, 6.45) is 6.98. The first-order chi connectivity index (χ1) is 10.7. The van der Waals surface area contributed by atoms with Crippen molar-refractivity contribution < 1.29 is 9.53 Å². The third-order valence-corrected chi connectivity index (χ3v) is 5.30. The highest BCUT2D eigenvalue weighted by Crippen LogP contribution is 2.33. The molecule has 2 atom stereocenters. The van der Waals surface area contributed by atoms with Crippen LogP contribution in [-0.2, 0) is 4.74 Å². The Morgan fingerprint density at radius 1 is 1.26 bits per heavy atom. The highest BCUT2D eigenvalue weighted by Gasteiger charge is 2.38. The Bertz CT molecular complexity index is 361. The monoisotopic (exact) mass is 326 g/mol. The van der Waals surface area contributed by atoms with Gasteiger partial charge in [-0.1, -0.05) is 46.5 Å². The van der Waals surface area contributed by atoms with Crippen molar-refractivity contribution in [2.45, 2.75) is 91.2 Å². The van der Waals surface area contributed by atoms with Gasteiger partial charge >= 0.3 is 6.09 Å². The Labute approximate surface area is 143 Å². The molecule has 0 bridgehead atoms. The van der Waals surface area contributed by atoms with E-state index in [1.807, 2.05) is 20.8 Å². The molecule has 4 nitrogen and oxygen atoms in total. The van der Waals surface area contributed by atoms with Gasteiger partial charge in [-0.3, -0.25) is 0 Å². The minimum atomic E-state index is -0.446. The van der Waals surface area contributed by atoms with Crippen molar-refractivity contribution in [3.8, 4) is 0 Å². The molecule has 1 aliphatic rings. The van der Waals surface area contributed by atoms with Gasteiger partial charge in [0.25, 0.3) is 0 Å². The topological polar surface area (TPSA) is 50.4 Å². The van der Waals surface area contributed by atoms with Crippen molar-refractivity contribution in [2.24, 2.45) is 11.8 Å². The van der Waals surface area contributed by atoms with Crippen molar-refractivity contribution >= 4 is 6.09 Å². The normalized spacial score (nSPS) is 25.4. The van der Waals surface area contributed by atoms with Crippen LogP contribution in [-0.4, -0.2) is 30.3 Å². The third kappa shape index (κ3) is 6.70. The van der Waals surface area contributed by atoms with Crippen LogP contribution >= 0.6 is 0 Å². The van der Waals surface area contributed by atoms with E-state index in [1.165, 1.54) is 32.1 Å². The van der Waals surface area contributed by atoms with Gasteiger partial charge in [0, 0.05) is 12.1 Å². The SMILES string of the molecule is CCC(CC)CNC1(CNC(=O)OC(C)(C)C)CCCCC1C. The van der Waals surface area contributed by atoms with E-state index in [2.05, 4.69) is 31.4 Å². The molecule has 4 heteroatoms. The molecule has 0 heterocycles. The number of hydrogen-bond acceptors (Lipinski definition) is 3. The number of amides is 1. The summed E-state index contributed by atoms with van der Waals surface area (Å²) in [5.74, 6) is 1.28. The summed E-state index contributed by atoms with van der Waals surface area (Å²) in [7, 11) is 0. The molecule has 1 fully saturated rings. The molecule has 0 aromatic carbocycles. The van der Waals surface area contributed by atoms with Gasteiger partial charge in [0.1, 0.15) is 5.60 Å². The van der Waals surface area contributed by atoms with Gasteiger partial charge < -0.3 is 15.4 Å². The fourth-order valence-electron chi connectivity index (χ4n) is 3.47. The van der Waals surface area contributed by atoms with Crippen molar-refractivity contribution in [1.29, 1.82) is 0 Å². The molecular weight excluding hydrogens is 288 g/mol. The quantitative estimate of drug-likeness (QED) is 0.725. The summed E-state index contributed by atoms with van der Waals surface area (Å²) < 4.78 is 5.40. The molecule has 0 saturated heterocycles. The molecule has 2 unspecified atom stereocenters. The van der Waals surface area contributed by atoms with E-state index >= 15 is 0 Å². The van der Waals surface area contributed by atoms with E-state index in [0.29, 0.717) is 18.4 Å². The summed E-state index contributed by atoms with van der Waals surface area (Å²) >= 11 is 0. The van der Waals surface area contributed by atoms with Gasteiger partial charge in [0.2, 0.25) is 0 Å². The number of hydrogen-bond donors (Lipinski definition) is 2. The molecule has 0 aromatic heterocycles. The van der Waals surface area contributed by atoms with Crippen LogP contribution in [0.25, 0.3) is 0 Å². The van der Waals surface area contributed by atoms with E-state index in [9.17, 15) is 4.79 Å². The zero-order valence-corrected chi connectivity index (χ0v) is 16.1. The summed E-state index contributed by atoms with van der Waals surface area (Å²) in [4.78, 5) is 12.0. The maximum Gasteiger partial charge on any atom is 0.407 e. The second-order valence-corrected chi connectivity index (χ2v) is 8.22. The van der Waals surface area contributed by atoms with Gasteiger partial charge in [0.05, 0.1) is 0 Å². The molecule has 1 aliphatic carbocycles. The number of nitrogens with one attached hydrogen (secondary N) is 2. The smallest absolute Gasteiger partial charge is 0.407 e. The van der Waals surface area contributed by atoms with Crippen molar-refractivity contribution in [3.63, 3.8) is 0 Å². The number of alkyl carbamates (subject to hydrolysis) is 1. The Morgan fingerprint density at radius 3 is 2.43 bits per heavy atom. The largest absolute Gasteiger partial charge is 0.444 e. The fourth-order valence-corrected chi connectivity index (χ4v) is 3.47. The Kier molecular flexibility index (Phi) is 7.85. The van der Waals surface area contributed by atoms with Crippen LogP contribution in [0, 0.1) is 11.8 Å². The van der Waals surface area contributed by atoms with E-state index in [-0.39, 0.29) is 11.6 Å². The molecular formula is C19H38N2O2. The first-order valence-corrected chi connectivity index (χ1v) is 9.44. The summed E-state index contributed by atoms with van der Waals surface area (Å²) in [6, 6.07) is 0. The number of carbonyl (C=O) groups excluding carboxylic acids is 1.